The minimum atomic E-state index is -0.260. The first-order chi connectivity index (χ1) is 12.2. The number of hydrogen-bond acceptors (Lipinski definition) is 3. The van der Waals surface area contributed by atoms with Gasteiger partial charge in [-0.3, -0.25) is 4.79 Å². The van der Waals surface area contributed by atoms with Gasteiger partial charge in [0.1, 0.15) is 5.76 Å². The average Bonchev–Trinajstić information content (AvgIpc) is 2.94. The lowest BCUT2D eigenvalue weighted by Gasteiger charge is -2.43. The second-order valence-electron chi connectivity index (χ2n) is 6.82. The Bertz CT molecular complexity index is 817. The number of allylic oxidation sites excluding steroid dienone is 1. The zero-order chi connectivity index (χ0) is 17.4. The number of benzene rings is 1. The number of fused-ring (bicyclic) bond motifs is 3. The number of terminal acetylenes is 1. The average molecular weight is 334 g/mol. The predicted octanol–water partition coefficient (Wildman–Crippen LogP) is 2.52. The lowest BCUT2D eigenvalue weighted by Crippen LogP contribution is -2.52. The van der Waals surface area contributed by atoms with Crippen LogP contribution < -0.4 is 10.2 Å². The van der Waals surface area contributed by atoms with Gasteiger partial charge < -0.3 is 15.0 Å². The number of nitrogens with zero attached hydrogens (tertiary/aromatic N) is 1. The summed E-state index contributed by atoms with van der Waals surface area (Å²) in [7, 11) is 1.71. The fraction of sp³-hybridized carbons (Fsp3) is 0.381. The van der Waals surface area contributed by atoms with E-state index in [1.807, 2.05) is 11.0 Å². The van der Waals surface area contributed by atoms with Gasteiger partial charge in [0.2, 0.25) is 5.91 Å². The van der Waals surface area contributed by atoms with Crippen molar-refractivity contribution in [2.24, 2.45) is 0 Å². The maximum Gasteiger partial charge on any atom is 0.227 e. The Hall–Kier alpha value is -2.51. The molecule has 0 aromatic heterocycles. The van der Waals surface area contributed by atoms with Gasteiger partial charge in [-0.1, -0.05) is 24.1 Å². The van der Waals surface area contributed by atoms with E-state index in [0.29, 0.717) is 13.0 Å². The fourth-order valence-electron chi connectivity index (χ4n) is 4.58. The lowest BCUT2D eigenvalue weighted by atomic mass is 9.67. The Morgan fingerprint density at radius 2 is 2.24 bits per heavy atom. The molecule has 4 heteroatoms. The van der Waals surface area contributed by atoms with Crippen molar-refractivity contribution in [3.8, 4) is 12.3 Å². The predicted molar refractivity (Wildman–Crippen MR) is 98.1 cm³/mol. The number of hydrogen-bond donors (Lipinski definition) is 1. The van der Waals surface area contributed by atoms with Gasteiger partial charge >= 0.3 is 0 Å². The number of carbonyl (C=O) groups excluding carboxylic acids is 1. The maximum absolute atomic E-state index is 12.7. The number of para-hydroxylation sites is 1. The highest BCUT2D eigenvalue weighted by atomic mass is 16.5. The number of rotatable bonds is 5. The zero-order valence-electron chi connectivity index (χ0n) is 14.4. The van der Waals surface area contributed by atoms with Crippen molar-refractivity contribution in [1.29, 1.82) is 0 Å². The summed E-state index contributed by atoms with van der Waals surface area (Å²) in [5.41, 5.74) is 3.27. The highest BCUT2D eigenvalue weighted by Gasteiger charge is 2.55. The molecule has 4 nitrogen and oxygen atoms in total. The molecule has 4 rings (SSSR count). The van der Waals surface area contributed by atoms with Gasteiger partial charge in [-0.05, 0) is 48.7 Å². The van der Waals surface area contributed by atoms with Gasteiger partial charge in [-0.15, -0.1) is 6.42 Å². The Morgan fingerprint density at radius 3 is 3.04 bits per heavy atom. The minimum Gasteiger partial charge on any atom is -0.497 e. The number of carbonyl (C=O) groups is 1. The van der Waals surface area contributed by atoms with Crippen LogP contribution in [-0.2, 0) is 14.9 Å². The maximum atomic E-state index is 12.7. The van der Waals surface area contributed by atoms with Gasteiger partial charge in [0.05, 0.1) is 19.7 Å². The van der Waals surface area contributed by atoms with E-state index in [9.17, 15) is 4.79 Å². The van der Waals surface area contributed by atoms with Crippen LogP contribution in [0.1, 0.15) is 24.8 Å². The third-order valence-electron chi connectivity index (χ3n) is 5.56. The number of anilines is 1. The van der Waals surface area contributed by atoms with Gasteiger partial charge in [-0.2, -0.15) is 0 Å². The largest absolute Gasteiger partial charge is 0.497 e. The number of methoxy groups -OCH3 is 1. The van der Waals surface area contributed by atoms with E-state index in [1.165, 1.54) is 11.1 Å². The summed E-state index contributed by atoms with van der Waals surface area (Å²) in [6.45, 7) is 1.34. The monoisotopic (exact) mass is 334 g/mol. The number of piperidine rings is 1. The molecular weight excluding hydrogens is 312 g/mol. The van der Waals surface area contributed by atoms with Crippen molar-refractivity contribution in [3.63, 3.8) is 0 Å². The molecule has 2 aliphatic heterocycles. The lowest BCUT2D eigenvalue weighted by molar-refractivity contribution is -0.119. The minimum absolute atomic E-state index is 0.0534. The second-order valence-corrected chi connectivity index (χ2v) is 6.82. The third-order valence-corrected chi connectivity index (χ3v) is 5.56. The van der Waals surface area contributed by atoms with E-state index < -0.39 is 0 Å². The summed E-state index contributed by atoms with van der Waals surface area (Å²) >= 11 is 0. The molecule has 0 radical (unpaired) electrons. The van der Waals surface area contributed by atoms with Crippen molar-refractivity contribution in [2.45, 2.75) is 30.7 Å². The van der Waals surface area contributed by atoms with Gasteiger partial charge in [0.15, 0.2) is 0 Å². The highest BCUT2D eigenvalue weighted by molar-refractivity contribution is 6.00. The Labute approximate surface area is 148 Å². The molecule has 1 aromatic rings. The van der Waals surface area contributed by atoms with Crippen molar-refractivity contribution in [3.05, 3.63) is 53.3 Å². The van der Waals surface area contributed by atoms with E-state index in [1.54, 1.807) is 7.11 Å². The normalized spacial score (nSPS) is 26.3. The molecular formula is C21H22N2O2. The Kier molecular flexibility index (Phi) is 3.89. The highest BCUT2D eigenvalue weighted by Crippen LogP contribution is 2.55. The number of ether oxygens (including phenoxy) is 1. The molecule has 0 saturated carbocycles. The van der Waals surface area contributed by atoms with Gasteiger partial charge in [0.25, 0.3) is 0 Å². The van der Waals surface area contributed by atoms with Crippen LogP contribution in [-0.4, -0.2) is 32.1 Å². The third kappa shape index (κ3) is 2.31. The van der Waals surface area contributed by atoms with Crippen LogP contribution in [0.4, 0.5) is 5.69 Å². The van der Waals surface area contributed by atoms with Crippen LogP contribution in [0.25, 0.3) is 0 Å². The molecule has 25 heavy (non-hydrogen) atoms. The van der Waals surface area contributed by atoms with Crippen LogP contribution in [0.2, 0.25) is 0 Å². The summed E-state index contributed by atoms with van der Waals surface area (Å²) in [6.07, 6.45) is 11.9. The first-order valence-corrected chi connectivity index (χ1v) is 8.74. The summed E-state index contributed by atoms with van der Waals surface area (Å²) < 4.78 is 5.61. The molecule has 1 aromatic carbocycles. The zero-order valence-corrected chi connectivity index (χ0v) is 14.4. The van der Waals surface area contributed by atoms with E-state index in [2.05, 4.69) is 41.6 Å². The van der Waals surface area contributed by atoms with E-state index in [4.69, 9.17) is 11.2 Å². The molecule has 1 saturated heterocycles. The molecule has 0 spiro atoms. The summed E-state index contributed by atoms with van der Waals surface area (Å²) in [5, 5.41) is 3.30. The van der Waals surface area contributed by atoms with Crippen LogP contribution in [0.5, 0.6) is 0 Å². The molecule has 3 aliphatic rings. The Morgan fingerprint density at radius 1 is 1.40 bits per heavy atom. The molecule has 1 N–H and O–H groups in total. The first-order valence-electron chi connectivity index (χ1n) is 8.74. The quantitative estimate of drug-likeness (QED) is 0.664. The van der Waals surface area contributed by atoms with Crippen molar-refractivity contribution in [2.75, 3.05) is 25.1 Å². The van der Waals surface area contributed by atoms with Crippen molar-refractivity contribution < 1.29 is 9.53 Å². The van der Waals surface area contributed by atoms with Crippen LogP contribution in [0, 0.1) is 12.3 Å². The topological polar surface area (TPSA) is 41.6 Å². The summed E-state index contributed by atoms with van der Waals surface area (Å²) in [4.78, 5) is 14.8. The number of amides is 1. The molecule has 1 fully saturated rings. The SMILES string of the molecule is C#CCNCCC12C=C(OC)C=C3CCC(=O)N(c4ccccc41)C32. The smallest absolute Gasteiger partial charge is 0.227 e. The van der Waals surface area contributed by atoms with Crippen LogP contribution >= 0.6 is 0 Å². The second kappa shape index (κ2) is 6.09. The standard InChI is InChI=1S/C21H22N2O2/c1-3-11-22-12-10-21-14-16(25-2)13-15-8-9-19(24)23(20(15)21)18-7-5-4-6-17(18)21/h1,4-7,13-14,20,22H,8-12H2,2H3. The van der Waals surface area contributed by atoms with Crippen LogP contribution in [0.15, 0.2) is 47.7 Å². The molecule has 2 heterocycles. The van der Waals surface area contributed by atoms with Crippen molar-refractivity contribution >= 4 is 11.6 Å². The molecule has 1 aliphatic carbocycles. The summed E-state index contributed by atoms with van der Waals surface area (Å²) in [5.74, 6) is 3.72. The molecule has 2 unspecified atom stereocenters. The van der Waals surface area contributed by atoms with Crippen LogP contribution in [0.3, 0.4) is 0 Å². The Balaban J connectivity index is 1.84. The molecule has 0 bridgehead atoms. The van der Waals surface area contributed by atoms with Gasteiger partial charge in [0, 0.05) is 17.5 Å². The molecule has 2 atom stereocenters. The molecule has 128 valence electrons. The van der Waals surface area contributed by atoms with Gasteiger partial charge in [-0.25, -0.2) is 0 Å². The first kappa shape index (κ1) is 16.0. The summed E-state index contributed by atoms with van der Waals surface area (Å²) in [6, 6.07) is 8.32. The van der Waals surface area contributed by atoms with E-state index in [-0.39, 0.29) is 17.4 Å². The van der Waals surface area contributed by atoms with E-state index >= 15 is 0 Å². The van der Waals surface area contributed by atoms with E-state index in [0.717, 1.165) is 30.8 Å². The van der Waals surface area contributed by atoms with Crippen molar-refractivity contribution in [1.82, 2.24) is 5.32 Å². The fourth-order valence-corrected chi connectivity index (χ4v) is 4.58. The number of nitrogens with one attached hydrogen (secondary N) is 1. The molecule has 1 amide bonds.